The molecule has 0 atom stereocenters. The third-order valence-electron chi connectivity index (χ3n) is 3.62. The van der Waals surface area contributed by atoms with Crippen LogP contribution < -0.4 is 4.74 Å². The Hall–Kier alpha value is -2.49. The molecular formula is C16H14O4. The zero-order chi connectivity index (χ0) is 14.2. The monoisotopic (exact) mass is 270 g/mol. The smallest absolute Gasteiger partial charge is 0.456 e. The van der Waals surface area contributed by atoms with Gasteiger partial charge in [0.05, 0.1) is 0 Å². The summed E-state index contributed by atoms with van der Waals surface area (Å²) in [6.45, 7) is 1.90. The summed E-state index contributed by atoms with van der Waals surface area (Å²) < 4.78 is 11.2. The summed E-state index contributed by atoms with van der Waals surface area (Å²) in [5, 5.41) is 9.15. The molecule has 0 amide bonds. The second-order valence-electron chi connectivity index (χ2n) is 4.64. The number of para-hydroxylation sites is 2. The lowest BCUT2D eigenvalue weighted by molar-refractivity contribution is -0.00440. The quantitative estimate of drug-likeness (QED) is 0.833. The lowest BCUT2D eigenvalue weighted by atomic mass is 9.81. The lowest BCUT2D eigenvalue weighted by Crippen LogP contribution is -2.35. The molecule has 20 heavy (non-hydrogen) atoms. The van der Waals surface area contributed by atoms with Crippen molar-refractivity contribution in [2.75, 3.05) is 0 Å². The number of ether oxygens (including phenoxy) is 2. The van der Waals surface area contributed by atoms with Gasteiger partial charge in [-0.15, -0.1) is 0 Å². The number of rotatable bonds is 2. The number of hydrogen-bond acceptors (Lipinski definition) is 3. The van der Waals surface area contributed by atoms with Crippen molar-refractivity contribution in [1.82, 2.24) is 0 Å². The molecule has 0 spiro atoms. The lowest BCUT2D eigenvalue weighted by Gasteiger charge is -2.37. The molecule has 102 valence electrons. The van der Waals surface area contributed by atoms with E-state index in [4.69, 9.17) is 14.6 Å². The zero-order valence-electron chi connectivity index (χ0n) is 11.0. The summed E-state index contributed by atoms with van der Waals surface area (Å²) in [4.78, 5) is 11.2. The van der Waals surface area contributed by atoms with Gasteiger partial charge >= 0.3 is 6.16 Å². The molecule has 1 heterocycles. The van der Waals surface area contributed by atoms with Crippen LogP contribution in [0.2, 0.25) is 0 Å². The van der Waals surface area contributed by atoms with Gasteiger partial charge in [-0.25, -0.2) is 4.79 Å². The van der Waals surface area contributed by atoms with Gasteiger partial charge in [0.15, 0.2) is 5.60 Å². The van der Waals surface area contributed by atoms with Crippen LogP contribution in [-0.4, -0.2) is 11.3 Å². The van der Waals surface area contributed by atoms with E-state index in [1.807, 2.05) is 55.5 Å². The molecule has 1 aliphatic rings. The summed E-state index contributed by atoms with van der Waals surface area (Å²) in [6.07, 6.45) is -0.796. The third kappa shape index (κ3) is 1.72. The van der Waals surface area contributed by atoms with Crippen molar-refractivity contribution in [3.8, 4) is 11.5 Å². The molecule has 1 aliphatic heterocycles. The Balaban J connectivity index is 2.28. The second kappa shape index (κ2) is 4.56. The number of benzene rings is 2. The van der Waals surface area contributed by atoms with Crippen molar-refractivity contribution in [1.29, 1.82) is 0 Å². The fourth-order valence-corrected chi connectivity index (χ4v) is 2.75. The number of hydrogen-bond donors (Lipinski definition) is 1. The largest absolute Gasteiger partial charge is 0.507 e. The van der Waals surface area contributed by atoms with Crippen LogP contribution in [0, 0.1) is 0 Å². The van der Waals surface area contributed by atoms with Gasteiger partial charge in [0, 0.05) is 11.1 Å². The maximum atomic E-state index is 11.2. The van der Waals surface area contributed by atoms with Gasteiger partial charge in [0.1, 0.15) is 11.5 Å². The van der Waals surface area contributed by atoms with E-state index in [0.717, 1.165) is 11.1 Å². The molecule has 0 saturated carbocycles. The maximum absolute atomic E-state index is 11.2. The van der Waals surface area contributed by atoms with Crippen LogP contribution in [0.15, 0.2) is 48.5 Å². The Kier molecular flexibility index (Phi) is 2.86. The Bertz CT molecular complexity index is 618. The normalized spacial score (nSPS) is 14.7. The molecule has 0 bridgehead atoms. The van der Waals surface area contributed by atoms with Gasteiger partial charge in [0.25, 0.3) is 0 Å². The average molecular weight is 270 g/mol. The summed E-state index contributed by atoms with van der Waals surface area (Å²) in [7, 11) is 0. The summed E-state index contributed by atoms with van der Waals surface area (Å²) >= 11 is 0. The van der Waals surface area contributed by atoms with Gasteiger partial charge < -0.3 is 14.6 Å². The van der Waals surface area contributed by atoms with Gasteiger partial charge in [-0.05, 0) is 18.6 Å². The van der Waals surface area contributed by atoms with Crippen molar-refractivity contribution < 1.29 is 19.4 Å². The van der Waals surface area contributed by atoms with E-state index < -0.39 is 11.8 Å². The van der Waals surface area contributed by atoms with Crippen LogP contribution in [0.3, 0.4) is 0 Å². The van der Waals surface area contributed by atoms with E-state index in [9.17, 15) is 4.79 Å². The van der Waals surface area contributed by atoms with Crippen LogP contribution in [0.1, 0.15) is 24.5 Å². The van der Waals surface area contributed by atoms with Crippen LogP contribution in [-0.2, 0) is 10.3 Å². The average Bonchev–Trinajstić information content (AvgIpc) is 2.46. The van der Waals surface area contributed by atoms with E-state index in [0.29, 0.717) is 17.9 Å². The van der Waals surface area contributed by atoms with Crippen LogP contribution >= 0.6 is 0 Å². The van der Waals surface area contributed by atoms with Gasteiger partial charge in [-0.3, -0.25) is 0 Å². The van der Waals surface area contributed by atoms with Crippen LogP contribution in [0.5, 0.6) is 11.5 Å². The first kappa shape index (κ1) is 12.5. The maximum Gasteiger partial charge on any atom is 0.507 e. The third-order valence-corrected chi connectivity index (χ3v) is 3.62. The van der Waals surface area contributed by atoms with Gasteiger partial charge in [-0.2, -0.15) is 0 Å². The molecule has 0 aliphatic carbocycles. The van der Waals surface area contributed by atoms with E-state index >= 15 is 0 Å². The molecule has 3 rings (SSSR count). The van der Waals surface area contributed by atoms with E-state index in [1.54, 1.807) is 0 Å². The number of carbonyl (C=O) groups is 1. The van der Waals surface area contributed by atoms with Crippen LogP contribution in [0.25, 0.3) is 0 Å². The Morgan fingerprint density at radius 1 is 1.10 bits per heavy atom. The van der Waals surface area contributed by atoms with Crippen LogP contribution in [0.4, 0.5) is 4.79 Å². The zero-order valence-corrected chi connectivity index (χ0v) is 11.0. The minimum Gasteiger partial charge on any atom is -0.456 e. The van der Waals surface area contributed by atoms with Crippen molar-refractivity contribution in [3.05, 3.63) is 59.7 Å². The van der Waals surface area contributed by atoms with Crippen molar-refractivity contribution in [2.24, 2.45) is 0 Å². The highest BCUT2D eigenvalue weighted by Crippen LogP contribution is 2.50. The van der Waals surface area contributed by atoms with Crippen molar-refractivity contribution >= 4 is 6.16 Å². The van der Waals surface area contributed by atoms with Crippen molar-refractivity contribution in [2.45, 2.75) is 18.9 Å². The molecule has 4 heteroatoms. The summed E-state index contributed by atoms with van der Waals surface area (Å²) in [5.41, 5.74) is 0.462. The summed E-state index contributed by atoms with van der Waals surface area (Å²) in [5.74, 6) is 1.27. The fraction of sp³-hybridized carbons (Fsp3) is 0.188. The molecule has 0 saturated heterocycles. The highest BCUT2D eigenvalue weighted by atomic mass is 16.7. The Morgan fingerprint density at radius 2 is 1.60 bits per heavy atom. The Morgan fingerprint density at radius 3 is 2.05 bits per heavy atom. The molecule has 4 nitrogen and oxygen atoms in total. The predicted octanol–water partition coefficient (Wildman–Crippen LogP) is 4.14. The second-order valence-corrected chi connectivity index (χ2v) is 4.64. The molecule has 0 radical (unpaired) electrons. The van der Waals surface area contributed by atoms with Gasteiger partial charge in [-0.1, -0.05) is 43.3 Å². The highest BCUT2D eigenvalue weighted by molar-refractivity contribution is 5.63. The predicted molar refractivity (Wildman–Crippen MR) is 73.1 cm³/mol. The molecule has 0 fully saturated rings. The number of fused-ring (bicyclic) bond motifs is 2. The van der Waals surface area contributed by atoms with E-state index in [2.05, 4.69) is 0 Å². The topological polar surface area (TPSA) is 55.8 Å². The standard InChI is InChI=1S/C16H14O4/c1-2-16(20-15(17)18)11-7-3-5-9-13(11)19-14-10-6-4-8-12(14)16/h3-10H,2H2,1H3,(H,17,18). The molecule has 2 aromatic carbocycles. The molecule has 1 N–H and O–H groups in total. The first-order valence-corrected chi connectivity index (χ1v) is 6.46. The molecule has 2 aromatic rings. The van der Waals surface area contributed by atoms with Gasteiger partial charge in [0.2, 0.25) is 0 Å². The number of carboxylic acid groups (broad SMARTS) is 1. The molecule has 0 aromatic heterocycles. The SMILES string of the molecule is CCC1(OC(=O)O)c2ccccc2Oc2ccccc21. The van der Waals surface area contributed by atoms with Crippen molar-refractivity contribution in [3.63, 3.8) is 0 Å². The minimum atomic E-state index is -1.29. The molecular weight excluding hydrogens is 256 g/mol. The first-order chi connectivity index (χ1) is 9.67. The fourth-order valence-electron chi connectivity index (χ4n) is 2.75. The highest BCUT2D eigenvalue weighted by Gasteiger charge is 2.44. The summed E-state index contributed by atoms with van der Waals surface area (Å²) in [6, 6.07) is 14.7. The minimum absolute atomic E-state index is 0.497. The Labute approximate surface area is 116 Å². The van der Waals surface area contributed by atoms with E-state index in [1.165, 1.54) is 0 Å². The first-order valence-electron chi connectivity index (χ1n) is 6.46. The van der Waals surface area contributed by atoms with E-state index in [-0.39, 0.29) is 0 Å². The molecule has 0 unspecified atom stereocenters.